The number of hydrogen-bond donors (Lipinski definition) is 1. The lowest BCUT2D eigenvalue weighted by molar-refractivity contribution is -0.139. The van der Waals surface area contributed by atoms with Gasteiger partial charge in [-0.3, -0.25) is 4.79 Å². The standard InChI is InChI=1S/C13H10Cl2O5/c1-5-6-3-8(14)11(17)10(15)12(6)20-13(18)7(5)4-9(16)19-2/h3,17H,4H2,1-2H3. The molecule has 0 amide bonds. The van der Waals surface area contributed by atoms with Crippen LogP contribution < -0.4 is 5.63 Å². The van der Waals surface area contributed by atoms with Gasteiger partial charge in [0.15, 0.2) is 11.3 Å². The van der Waals surface area contributed by atoms with Crippen LogP contribution in [0.1, 0.15) is 11.1 Å². The van der Waals surface area contributed by atoms with Crippen molar-refractivity contribution >= 4 is 40.1 Å². The van der Waals surface area contributed by atoms with Crippen LogP contribution in [0.5, 0.6) is 5.75 Å². The van der Waals surface area contributed by atoms with Crippen molar-refractivity contribution in [3.05, 3.63) is 37.7 Å². The van der Waals surface area contributed by atoms with Gasteiger partial charge in [-0.15, -0.1) is 0 Å². The summed E-state index contributed by atoms with van der Waals surface area (Å²) in [6.45, 7) is 1.64. The Hall–Kier alpha value is -1.72. The number of benzene rings is 1. The maximum atomic E-state index is 11.9. The molecule has 20 heavy (non-hydrogen) atoms. The molecule has 0 aliphatic rings. The van der Waals surface area contributed by atoms with Gasteiger partial charge in [0.2, 0.25) is 0 Å². The first kappa shape index (κ1) is 14.7. The lowest BCUT2D eigenvalue weighted by Crippen LogP contribution is -2.16. The topological polar surface area (TPSA) is 76.7 Å². The van der Waals surface area contributed by atoms with Crippen molar-refractivity contribution in [2.24, 2.45) is 0 Å². The SMILES string of the molecule is COC(=O)Cc1c(C)c2cc(Cl)c(O)c(Cl)c2oc1=O. The second kappa shape index (κ2) is 5.34. The first-order valence-electron chi connectivity index (χ1n) is 5.56. The lowest BCUT2D eigenvalue weighted by Gasteiger charge is -2.09. The number of hydrogen-bond acceptors (Lipinski definition) is 5. The summed E-state index contributed by atoms with van der Waals surface area (Å²) in [6, 6.07) is 1.43. The van der Waals surface area contributed by atoms with Gasteiger partial charge in [0.1, 0.15) is 5.02 Å². The Morgan fingerprint density at radius 1 is 1.45 bits per heavy atom. The van der Waals surface area contributed by atoms with E-state index in [1.807, 2.05) is 0 Å². The molecule has 0 bridgehead atoms. The van der Waals surface area contributed by atoms with Crippen LogP contribution in [0.2, 0.25) is 10.0 Å². The Kier molecular flexibility index (Phi) is 3.92. The second-order valence-corrected chi connectivity index (χ2v) is 4.93. The molecule has 0 saturated carbocycles. The van der Waals surface area contributed by atoms with Gasteiger partial charge in [-0.25, -0.2) is 4.79 Å². The largest absolute Gasteiger partial charge is 0.505 e. The highest BCUT2D eigenvalue weighted by Gasteiger charge is 2.19. The van der Waals surface area contributed by atoms with E-state index >= 15 is 0 Å². The van der Waals surface area contributed by atoms with E-state index in [2.05, 4.69) is 4.74 Å². The van der Waals surface area contributed by atoms with E-state index in [0.29, 0.717) is 10.9 Å². The second-order valence-electron chi connectivity index (χ2n) is 4.14. The predicted octanol–water partition coefficient (Wildman–Crippen LogP) is 2.83. The maximum absolute atomic E-state index is 11.9. The number of phenols is 1. The highest BCUT2D eigenvalue weighted by molar-refractivity contribution is 6.40. The molecule has 0 aliphatic carbocycles. The minimum Gasteiger partial charge on any atom is -0.505 e. The monoisotopic (exact) mass is 316 g/mol. The molecule has 1 N–H and O–H groups in total. The zero-order valence-corrected chi connectivity index (χ0v) is 12.1. The summed E-state index contributed by atoms with van der Waals surface area (Å²) in [4.78, 5) is 23.2. The van der Waals surface area contributed by atoms with Crippen LogP contribution in [-0.4, -0.2) is 18.2 Å². The molecule has 0 atom stereocenters. The van der Waals surface area contributed by atoms with Gasteiger partial charge in [0, 0.05) is 5.39 Å². The normalized spacial score (nSPS) is 10.8. The molecule has 0 aliphatic heterocycles. The van der Waals surface area contributed by atoms with Crippen LogP contribution in [0.25, 0.3) is 11.0 Å². The molecule has 0 unspecified atom stereocenters. The molecule has 0 spiro atoms. The highest BCUT2D eigenvalue weighted by Crippen LogP contribution is 2.39. The third-order valence-corrected chi connectivity index (χ3v) is 3.63. The van der Waals surface area contributed by atoms with Gasteiger partial charge in [-0.1, -0.05) is 23.2 Å². The van der Waals surface area contributed by atoms with Crippen LogP contribution in [0.3, 0.4) is 0 Å². The van der Waals surface area contributed by atoms with Crippen LogP contribution in [0.15, 0.2) is 15.3 Å². The molecule has 0 saturated heterocycles. The minimum absolute atomic E-state index is 0.0310. The predicted molar refractivity (Wildman–Crippen MR) is 74.6 cm³/mol. The van der Waals surface area contributed by atoms with Gasteiger partial charge in [0.05, 0.1) is 24.1 Å². The number of carbonyl (C=O) groups excluding carboxylic acids is 1. The summed E-state index contributed by atoms with van der Waals surface area (Å²) in [5, 5.41) is 9.98. The number of aromatic hydroxyl groups is 1. The maximum Gasteiger partial charge on any atom is 0.340 e. The van der Waals surface area contributed by atoms with E-state index in [1.165, 1.54) is 13.2 Å². The van der Waals surface area contributed by atoms with Gasteiger partial charge in [-0.2, -0.15) is 0 Å². The molecular weight excluding hydrogens is 307 g/mol. The average molecular weight is 317 g/mol. The third kappa shape index (κ3) is 2.34. The molecule has 5 nitrogen and oxygen atoms in total. The van der Waals surface area contributed by atoms with Crippen LogP contribution in [0, 0.1) is 6.92 Å². The molecular formula is C13H10Cl2O5. The Bertz CT molecular complexity index is 764. The number of esters is 1. The lowest BCUT2D eigenvalue weighted by atomic mass is 10.0. The smallest absolute Gasteiger partial charge is 0.340 e. The minimum atomic E-state index is -0.705. The Balaban J connectivity index is 2.79. The zero-order valence-electron chi connectivity index (χ0n) is 10.6. The summed E-state index contributed by atoms with van der Waals surface area (Å²) < 4.78 is 9.60. The van der Waals surface area contributed by atoms with Gasteiger partial charge >= 0.3 is 11.6 Å². The highest BCUT2D eigenvalue weighted by atomic mass is 35.5. The van der Waals surface area contributed by atoms with Crippen molar-refractivity contribution in [2.75, 3.05) is 7.11 Å². The van der Waals surface area contributed by atoms with Gasteiger partial charge in [0.25, 0.3) is 0 Å². The van der Waals surface area contributed by atoms with E-state index in [0.717, 1.165) is 0 Å². The van der Waals surface area contributed by atoms with Crippen molar-refractivity contribution in [2.45, 2.75) is 13.3 Å². The average Bonchev–Trinajstić information content (AvgIpc) is 2.42. The van der Waals surface area contributed by atoms with E-state index in [9.17, 15) is 14.7 Å². The number of ether oxygens (including phenoxy) is 1. The molecule has 0 fully saturated rings. The van der Waals surface area contributed by atoms with Crippen LogP contribution in [-0.2, 0) is 16.0 Å². The van der Waals surface area contributed by atoms with Crippen LogP contribution in [0.4, 0.5) is 0 Å². The zero-order chi connectivity index (χ0) is 15.0. The fraction of sp³-hybridized carbons (Fsp3) is 0.231. The fourth-order valence-corrected chi connectivity index (χ4v) is 2.35. The molecule has 106 valence electrons. The van der Waals surface area contributed by atoms with E-state index in [1.54, 1.807) is 6.92 Å². The molecule has 1 heterocycles. The Morgan fingerprint density at radius 2 is 2.10 bits per heavy atom. The molecule has 0 radical (unpaired) electrons. The Morgan fingerprint density at radius 3 is 2.70 bits per heavy atom. The van der Waals surface area contributed by atoms with Crippen molar-refractivity contribution in [1.82, 2.24) is 0 Å². The van der Waals surface area contributed by atoms with Crippen molar-refractivity contribution < 1.29 is 19.1 Å². The quantitative estimate of drug-likeness (QED) is 0.681. The van der Waals surface area contributed by atoms with Crippen LogP contribution >= 0.6 is 23.2 Å². The summed E-state index contributed by atoms with van der Waals surface area (Å²) in [7, 11) is 1.23. The van der Waals surface area contributed by atoms with E-state index < -0.39 is 11.6 Å². The fourth-order valence-electron chi connectivity index (χ4n) is 1.86. The van der Waals surface area contributed by atoms with E-state index in [4.69, 9.17) is 27.6 Å². The number of halogens is 2. The Labute approximate surface area is 123 Å². The number of fused-ring (bicyclic) bond motifs is 1. The van der Waals surface area contributed by atoms with E-state index in [-0.39, 0.29) is 33.4 Å². The number of carbonyl (C=O) groups is 1. The molecule has 1 aromatic heterocycles. The van der Waals surface area contributed by atoms with Crippen molar-refractivity contribution in [1.29, 1.82) is 0 Å². The first-order chi connectivity index (χ1) is 9.36. The molecule has 1 aromatic carbocycles. The molecule has 2 rings (SSSR count). The number of aryl methyl sites for hydroxylation is 1. The van der Waals surface area contributed by atoms with Gasteiger partial charge < -0.3 is 14.3 Å². The third-order valence-electron chi connectivity index (χ3n) is 3.00. The molecule has 2 aromatic rings. The van der Waals surface area contributed by atoms with Gasteiger partial charge in [-0.05, 0) is 18.6 Å². The summed E-state index contributed by atoms with van der Waals surface area (Å²) in [5.41, 5.74) is 0.00123. The van der Waals surface area contributed by atoms with Crippen molar-refractivity contribution in [3.63, 3.8) is 0 Å². The summed E-state index contributed by atoms with van der Waals surface area (Å²) in [6.07, 6.45) is -0.212. The molecule has 7 heteroatoms. The van der Waals surface area contributed by atoms with Crippen molar-refractivity contribution in [3.8, 4) is 5.75 Å². The number of methoxy groups -OCH3 is 1. The number of phenolic OH excluding ortho intramolecular Hbond substituents is 1. The number of rotatable bonds is 2. The first-order valence-corrected chi connectivity index (χ1v) is 6.32. The summed E-state index contributed by atoms with van der Waals surface area (Å²) in [5.74, 6) is -0.917. The summed E-state index contributed by atoms with van der Waals surface area (Å²) >= 11 is 11.7.